The molecule has 1 unspecified atom stereocenters. The highest BCUT2D eigenvalue weighted by Crippen LogP contribution is 2.09. The minimum Gasteiger partial charge on any atom is -0.354 e. The molecule has 0 radical (unpaired) electrons. The molecule has 2 N–H and O–H groups in total. The van der Waals surface area contributed by atoms with Crippen molar-refractivity contribution in [1.29, 1.82) is 0 Å². The maximum atomic E-state index is 12.8. The van der Waals surface area contributed by atoms with Gasteiger partial charge in [-0.05, 0) is 37.0 Å². The molecule has 0 aliphatic carbocycles. The van der Waals surface area contributed by atoms with Gasteiger partial charge < -0.3 is 10.6 Å². The van der Waals surface area contributed by atoms with Crippen molar-refractivity contribution in [3.05, 3.63) is 35.6 Å². The molecule has 1 saturated heterocycles. The number of nitrogens with one attached hydrogen (secondary N) is 2. The van der Waals surface area contributed by atoms with E-state index >= 15 is 0 Å². The molecule has 1 aromatic rings. The second-order valence-electron chi connectivity index (χ2n) is 5.57. The number of sulfone groups is 1. The Kier molecular flexibility index (Phi) is 5.70. The first-order valence-corrected chi connectivity index (χ1v) is 9.20. The second kappa shape index (κ2) is 7.54. The highest BCUT2D eigenvalue weighted by atomic mass is 32.2. The van der Waals surface area contributed by atoms with Crippen LogP contribution >= 0.6 is 0 Å². The van der Waals surface area contributed by atoms with Crippen molar-refractivity contribution < 1.29 is 22.4 Å². The summed E-state index contributed by atoms with van der Waals surface area (Å²) in [5, 5.41) is 5.14. The summed E-state index contributed by atoms with van der Waals surface area (Å²) in [6.07, 6.45) is 2.11. The van der Waals surface area contributed by atoms with Gasteiger partial charge in [-0.25, -0.2) is 12.8 Å². The van der Waals surface area contributed by atoms with E-state index < -0.39 is 33.4 Å². The average molecular weight is 342 g/mol. The van der Waals surface area contributed by atoms with Gasteiger partial charge in [-0.1, -0.05) is 12.1 Å². The molecular weight excluding hydrogens is 323 g/mol. The summed E-state index contributed by atoms with van der Waals surface area (Å²) in [4.78, 5) is 23.6. The minimum absolute atomic E-state index is 0.285. The zero-order chi connectivity index (χ0) is 16.9. The normalized spacial score (nSPS) is 18.8. The fraction of sp³-hybridized carbons (Fsp3) is 0.467. The SMILES string of the molecule is O=C(CS(=O)(=O)Cc1ccc(F)cc1)NC1CCCCNC1=O. The maximum Gasteiger partial charge on any atom is 0.242 e. The van der Waals surface area contributed by atoms with Crippen LogP contribution in [0.15, 0.2) is 24.3 Å². The lowest BCUT2D eigenvalue weighted by atomic mass is 10.1. The van der Waals surface area contributed by atoms with Crippen molar-refractivity contribution in [2.24, 2.45) is 0 Å². The molecule has 126 valence electrons. The van der Waals surface area contributed by atoms with Crippen LogP contribution in [0.25, 0.3) is 0 Å². The van der Waals surface area contributed by atoms with E-state index in [1.165, 1.54) is 24.3 Å². The van der Waals surface area contributed by atoms with E-state index in [9.17, 15) is 22.4 Å². The van der Waals surface area contributed by atoms with Crippen LogP contribution in [0.1, 0.15) is 24.8 Å². The molecule has 0 bridgehead atoms. The van der Waals surface area contributed by atoms with Crippen molar-refractivity contribution in [2.75, 3.05) is 12.3 Å². The second-order valence-corrected chi connectivity index (χ2v) is 7.63. The lowest BCUT2D eigenvalue weighted by Gasteiger charge is -2.15. The molecule has 1 atom stereocenters. The van der Waals surface area contributed by atoms with E-state index in [-0.39, 0.29) is 11.7 Å². The Morgan fingerprint density at radius 3 is 2.65 bits per heavy atom. The molecule has 1 heterocycles. The quantitative estimate of drug-likeness (QED) is 0.816. The third-order valence-corrected chi connectivity index (χ3v) is 5.00. The van der Waals surface area contributed by atoms with Crippen LogP contribution in [0.4, 0.5) is 4.39 Å². The molecule has 1 aliphatic rings. The summed E-state index contributed by atoms with van der Waals surface area (Å²) in [6.45, 7) is 0.564. The number of halogens is 1. The minimum atomic E-state index is -3.69. The number of hydrogen-bond acceptors (Lipinski definition) is 4. The zero-order valence-electron chi connectivity index (χ0n) is 12.5. The van der Waals surface area contributed by atoms with E-state index in [0.717, 1.165) is 12.8 Å². The topological polar surface area (TPSA) is 92.3 Å². The van der Waals surface area contributed by atoms with Crippen molar-refractivity contribution in [1.82, 2.24) is 10.6 Å². The van der Waals surface area contributed by atoms with Crippen molar-refractivity contribution in [3.63, 3.8) is 0 Å². The molecule has 0 aromatic heterocycles. The predicted octanol–water partition coefficient (Wildman–Crippen LogP) is 0.525. The summed E-state index contributed by atoms with van der Waals surface area (Å²) in [6, 6.07) is 4.38. The van der Waals surface area contributed by atoms with Crippen LogP contribution in [-0.2, 0) is 25.2 Å². The molecular formula is C15H19FN2O4S. The van der Waals surface area contributed by atoms with Crippen molar-refractivity contribution in [3.8, 4) is 0 Å². The summed E-state index contributed by atoms with van der Waals surface area (Å²) >= 11 is 0. The molecule has 8 heteroatoms. The van der Waals surface area contributed by atoms with Crippen LogP contribution < -0.4 is 10.6 Å². The maximum absolute atomic E-state index is 12.8. The van der Waals surface area contributed by atoms with Gasteiger partial charge in [-0.15, -0.1) is 0 Å². The number of hydrogen-bond donors (Lipinski definition) is 2. The number of carbonyl (C=O) groups excluding carboxylic acids is 2. The van der Waals surface area contributed by atoms with Gasteiger partial charge >= 0.3 is 0 Å². The molecule has 23 heavy (non-hydrogen) atoms. The van der Waals surface area contributed by atoms with E-state index in [2.05, 4.69) is 10.6 Å². The molecule has 1 aromatic carbocycles. The van der Waals surface area contributed by atoms with Gasteiger partial charge in [0.05, 0.1) is 5.75 Å². The smallest absolute Gasteiger partial charge is 0.242 e. The molecule has 0 saturated carbocycles. The Morgan fingerprint density at radius 1 is 1.26 bits per heavy atom. The Labute approximate surface area is 134 Å². The van der Waals surface area contributed by atoms with Gasteiger partial charge in [-0.3, -0.25) is 9.59 Å². The van der Waals surface area contributed by atoms with Crippen molar-refractivity contribution >= 4 is 21.7 Å². The summed E-state index contributed by atoms with van der Waals surface area (Å²) < 4.78 is 36.9. The molecule has 1 fully saturated rings. The molecule has 6 nitrogen and oxygen atoms in total. The fourth-order valence-corrected chi connectivity index (χ4v) is 3.68. The summed E-state index contributed by atoms with van der Waals surface area (Å²) in [5.41, 5.74) is 0.409. The Bertz CT molecular complexity index is 673. The largest absolute Gasteiger partial charge is 0.354 e. The monoisotopic (exact) mass is 342 g/mol. The van der Waals surface area contributed by atoms with Crippen LogP contribution in [-0.4, -0.2) is 38.6 Å². The van der Waals surface area contributed by atoms with Crippen LogP contribution in [0, 0.1) is 5.82 Å². The zero-order valence-corrected chi connectivity index (χ0v) is 13.4. The van der Waals surface area contributed by atoms with Crippen LogP contribution in [0.2, 0.25) is 0 Å². The number of benzene rings is 1. The summed E-state index contributed by atoms with van der Waals surface area (Å²) in [7, 11) is -3.69. The van der Waals surface area contributed by atoms with Crippen LogP contribution in [0.3, 0.4) is 0 Å². The van der Waals surface area contributed by atoms with Gasteiger partial charge in [0.15, 0.2) is 9.84 Å². The Balaban J connectivity index is 1.92. The van der Waals surface area contributed by atoms with E-state index in [0.29, 0.717) is 18.5 Å². The standard InChI is InChI=1S/C15H19FN2O4S/c16-12-6-4-11(5-7-12)9-23(21,22)10-14(19)18-13-3-1-2-8-17-15(13)20/h4-7,13H,1-3,8-10H2,(H,17,20)(H,18,19). The van der Waals surface area contributed by atoms with Gasteiger partial charge in [0.1, 0.15) is 17.6 Å². The van der Waals surface area contributed by atoms with E-state index in [1.54, 1.807) is 0 Å². The highest BCUT2D eigenvalue weighted by molar-refractivity contribution is 7.91. The first kappa shape index (κ1) is 17.4. The van der Waals surface area contributed by atoms with Crippen molar-refractivity contribution in [2.45, 2.75) is 31.1 Å². The van der Waals surface area contributed by atoms with Gasteiger partial charge in [0, 0.05) is 6.54 Å². The van der Waals surface area contributed by atoms with E-state index in [1.807, 2.05) is 0 Å². The Morgan fingerprint density at radius 2 is 1.96 bits per heavy atom. The lowest BCUT2D eigenvalue weighted by molar-refractivity contribution is -0.127. The predicted molar refractivity (Wildman–Crippen MR) is 82.7 cm³/mol. The third-order valence-electron chi connectivity index (χ3n) is 3.52. The Hall–Kier alpha value is -1.96. The number of carbonyl (C=O) groups is 2. The molecule has 2 amide bonds. The van der Waals surface area contributed by atoms with Gasteiger partial charge in [-0.2, -0.15) is 0 Å². The average Bonchev–Trinajstić information content (AvgIpc) is 2.66. The molecule has 0 spiro atoms. The first-order valence-electron chi connectivity index (χ1n) is 7.38. The lowest BCUT2D eigenvalue weighted by Crippen LogP contribution is -2.47. The molecule has 2 rings (SSSR count). The number of amides is 2. The third kappa shape index (κ3) is 5.63. The molecule has 1 aliphatic heterocycles. The number of rotatable bonds is 5. The fourth-order valence-electron chi connectivity index (χ4n) is 2.40. The van der Waals surface area contributed by atoms with Gasteiger partial charge in [0.2, 0.25) is 11.8 Å². The van der Waals surface area contributed by atoms with E-state index in [4.69, 9.17) is 0 Å². The van der Waals surface area contributed by atoms with Crippen LogP contribution in [0.5, 0.6) is 0 Å². The highest BCUT2D eigenvalue weighted by Gasteiger charge is 2.25. The first-order chi connectivity index (χ1) is 10.9. The van der Waals surface area contributed by atoms with Gasteiger partial charge in [0.25, 0.3) is 0 Å². The summed E-state index contributed by atoms with van der Waals surface area (Å²) in [5.74, 6) is -2.49.